The molecule has 0 radical (unpaired) electrons. The van der Waals surface area contributed by atoms with E-state index in [1.807, 2.05) is 60.7 Å². The summed E-state index contributed by atoms with van der Waals surface area (Å²) in [5, 5.41) is 5.16. The molecule has 2 aromatic carbocycles. The number of amides is 2. The van der Waals surface area contributed by atoms with Crippen molar-refractivity contribution in [3.05, 3.63) is 71.8 Å². The van der Waals surface area contributed by atoms with Crippen LogP contribution in [0.1, 0.15) is 30.9 Å². The minimum atomic E-state index is -1.00. The molecule has 2 N–H and O–H groups in total. The van der Waals surface area contributed by atoms with Crippen molar-refractivity contribution in [3.63, 3.8) is 0 Å². The SMILES string of the molecule is COC(=O)[C@@H](CCC(C)=O)NC(=O)[C@H](Cc1ccccc1)NC(=O)OCc1ccccc1. The van der Waals surface area contributed by atoms with Gasteiger partial charge in [-0.15, -0.1) is 0 Å². The number of esters is 1. The molecule has 8 heteroatoms. The van der Waals surface area contributed by atoms with E-state index < -0.39 is 30.1 Å². The van der Waals surface area contributed by atoms with Gasteiger partial charge in [-0.25, -0.2) is 9.59 Å². The number of hydrogen-bond acceptors (Lipinski definition) is 6. The third-order valence-corrected chi connectivity index (χ3v) is 4.69. The summed E-state index contributed by atoms with van der Waals surface area (Å²) >= 11 is 0. The van der Waals surface area contributed by atoms with Crippen molar-refractivity contribution >= 4 is 23.8 Å². The summed E-state index contributed by atoms with van der Waals surface area (Å²) in [6.45, 7) is 1.45. The van der Waals surface area contributed by atoms with Crippen LogP contribution in [-0.2, 0) is 36.9 Å². The molecule has 0 aliphatic carbocycles. The lowest BCUT2D eigenvalue weighted by Gasteiger charge is -2.22. The minimum absolute atomic E-state index is 0.0513. The molecule has 170 valence electrons. The van der Waals surface area contributed by atoms with Crippen LogP contribution < -0.4 is 10.6 Å². The van der Waals surface area contributed by atoms with Crippen LogP contribution in [0.3, 0.4) is 0 Å². The van der Waals surface area contributed by atoms with Crippen LogP contribution in [0.25, 0.3) is 0 Å². The molecule has 2 amide bonds. The second kappa shape index (κ2) is 12.9. The van der Waals surface area contributed by atoms with E-state index in [9.17, 15) is 19.2 Å². The first-order valence-corrected chi connectivity index (χ1v) is 10.3. The summed E-state index contributed by atoms with van der Waals surface area (Å²) in [4.78, 5) is 48.7. The Balaban J connectivity index is 2.08. The lowest BCUT2D eigenvalue weighted by Crippen LogP contribution is -2.52. The highest BCUT2D eigenvalue weighted by molar-refractivity contribution is 5.90. The third-order valence-electron chi connectivity index (χ3n) is 4.69. The topological polar surface area (TPSA) is 111 Å². The normalized spacial score (nSPS) is 12.2. The summed E-state index contributed by atoms with van der Waals surface area (Å²) in [5.41, 5.74) is 1.62. The van der Waals surface area contributed by atoms with Crippen LogP contribution in [0.4, 0.5) is 4.79 Å². The van der Waals surface area contributed by atoms with Crippen molar-refractivity contribution in [2.24, 2.45) is 0 Å². The van der Waals surface area contributed by atoms with Crippen LogP contribution >= 0.6 is 0 Å². The molecule has 2 aromatic rings. The fourth-order valence-electron chi connectivity index (χ4n) is 2.98. The summed E-state index contributed by atoms with van der Waals surface area (Å²) in [5.74, 6) is -1.36. The van der Waals surface area contributed by atoms with Gasteiger partial charge in [0.15, 0.2) is 0 Å². The molecular formula is C24H28N2O6. The standard InChI is InChI=1S/C24H28N2O6/c1-17(27)13-14-20(23(29)31-2)25-22(28)21(15-18-9-5-3-6-10-18)26-24(30)32-16-19-11-7-4-8-12-19/h3-12,20-21H,13-16H2,1-2H3,(H,25,28)(H,26,30)/t20-,21+/m1/s1. The lowest BCUT2D eigenvalue weighted by atomic mass is 10.0. The fourth-order valence-corrected chi connectivity index (χ4v) is 2.98. The third kappa shape index (κ3) is 8.59. The van der Waals surface area contributed by atoms with Gasteiger partial charge >= 0.3 is 12.1 Å². The van der Waals surface area contributed by atoms with Crippen LogP contribution in [-0.4, -0.2) is 42.9 Å². The quantitative estimate of drug-likeness (QED) is 0.520. The van der Waals surface area contributed by atoms with Crippen molar-refractivity contribution in [1.82, 2.24) is 10.6 Å². The number of ether oxygens (including phenoxy) is 2. The van der Waals surface area contributed by atoms with Gasteiger partial charge in [-0.05, 0) is 24.5 Å². The van der Waals surface area contributed by atoms with Gasteiger partial charge in [0.2, 0.25) is 5.91 Å². The fraction of sp³-hybridized carbons (Fsp3) is 0.333. The summed E-state index contributed by atoms with van der Waals surface area (Å²) < 4.78 is 9.97. The zero-order valence-corrected chi connectivity index (χ0v) is 18.2. The highest BCUT2D eigenvalue weighted by Crippen LogP contribution is 2.07. The van der Waals surface area contributed by atoms with E-state index in [4.69, 9.17) is 9.47 Å². The predicted octanol–water partition coefficient (Wildman–Crippen LogP) is 2.55. The van der Waals surface area contributed by atoms with Crippen molar-refractivity contribution in [1.29, 1.82) is 0 Å². The van der Waals surface area contributed by atoms with E-state index in [0.717, 1.165) is 11.1 Å². The van der Waals surface area contributed by atoms with Gasteiger partial charge in [0.05, 0.1) is 7.11 Å². The second-order valence-corrected chi connectivity index (χ2v) is 7.27. The van der Waals surface area contributed by atoms with Crippen molar-refractivity contribution < 1.29 is 28.7 Å². The number of carbonyl (C=O) groups excluding carboxylic acids is 4. The maximum Gasteiger partial charge on any atom is 0.408 e. The molecule has 0 fully saturated rings. The highest BCUT2D eigenvalue weighted by Gasteiger charge is 2.28. The summed E-state index contributed by atoms with van der Waals surface area (Å²) in [6.07, 6.45) is -0.364. The smallest absolute Gasteiger partial charge is 0.408 e. The van der Waals surface area contributed by atoms with E-state index in [-0.39, 0.29) is 31.7 Å². The molecular weight excluding hydrogens is 412 g/mol. The Bertz CT molecular complexity index is 901. The zero-order valence-electron chi connectivity index (χ0n) is 18.2. The molecule has 0 aliphatic heterocycles. The molecule has 0 saturated carbocycles. The number of carbonyl (C=O) groups is 4. The van der Waals surface area contributed by atoms with E-state index in [1.54, 1.807) is 0 Å². The minimum Gasteiger partial charge on any atom is -0.467 e. The van der Waals surface area contributed by atoms with Gasteiger partial charge in [0.25, 0.3) is 0 Å². The Hall–Kier alpha value is -3.68. The molecule has 0 heterocycles. The number of benzene rings is 2. The first-order valence-electron chi connectivity index (χ1n) is 10.3. The molecule has 2 atom stereocenters. The number of Topliss-reactive ketones (excluding diaryl/α,β-unsaturated/α-hetero) is 1. The first kappa shape index (κ1) is 24.6. The Morgan fingerprint density at radius 1 is 0.844 bits per heavy atom. The number of ketones is 1. The van der Waals surface area contributed by atoms with E-state index >= 15 is 0 Å². The molecule has 0 spiro atoms. The van der Waals surface area contributed by atoms with Gasteiger partial charge in [0, 0.05) is 12.8 Å². The number of rotatable bonds is 11. The Kier molecular flexibility index (Phi) is 9.90. The van der Waals surface area contributed by atoms with Crippen molar-refractivity contribution in [2.45, 2.75) is 44.9 Å². The number of methoxy groups -OCH3 is 1. The maximum absolute atomic E-state index is 13.0. The molecule has 0 bridgehead atoms. The Morgan fingerprint density at radius 3 is 2.00 bits per heavy atom. The number of hydrogen-bond donors (Lipinski definition) is 2. The second-order valence-electron chi connectivity index (χ2n) is 7.27. The molecule has 0 unspecified atom stereocenters. The predicted molar refractivity (Wildman–Crippen MR) is 118 cm³/mol. The summed E-state index contributed by atoms with van der Waals surface area (Å²) in [7, 11) is 1.20. The molecule has 0 aromatic heterocycles. The number of nitrogens with one attached hydrogen (secondary N) is 2. The van der Waals surface area contributed by atoms with E-state index in [1.165, 1.54) is 14.0 Å². The lowest BCUT2D eigenvalue weighted by molar-refractivity contribution is -0.145. The Morgan fingerprint density at radius 2 is 1.44 bits per heavy atom. The summed E-state index contributed by atoms with van der Waals surface area (Å²) in [6, 6.07) is 16.3. The molecule has 32 heavy (non-hydrogen) atoms. The first-order chi connectivity index (χ1) is 15.4. The maximum atomic E-state index is 13.0. The molecule has 8 nitrogen and oxygen atoms in total. The van der Waals surface area contributed by atoms with Crippen LogP contribution in [0.5, 0.6) is 0 Å². The van der Waals surface area contributed by atoms with Crippen molar-refractivity contribution in [3.8, 4) is 0 Å². The average molecular weight is 440 g/mol. The van der Waals surface area contributed by atoms with E-state index in [2.05, 4.69) is 10.6 Å². The van der Waals surface area contributed by atoms with Gasteiger partial charge < -0.3 is 24.9 Å². The van der Waals surface area contributed by atoms with Crippen LogP contribution in [0, 0.1) is 0 Å². The number of alkyl carbamates (subject to hydrolysis) is 1. The van der Waals surface area contributed by atoms with Gasteiger partial charge in [-0.3, -0.25) is 4.79 Å². The molecule has 0 aliphatic rings. The average Bonchev–Trinajstić information content (AvgIpc) is 2.80. The largest absolute Gasteiger partial charge is 0.467 e. The Labute approximate surface area is 187 Å². The van der Waals surface area contributed by atoms with E-state index in [0.29, 0.717) is 0 Å². The molecule has 0 saturated heterocycles. The molecule has 2 rings (SSSR count). The van der Waals surface area contributed by atoms with Gasteiger partial charge in [-0.1, -0.05) is 60.7 Å². The monoisotopic (exact) mass is 440 g/mol. The van der Waals surface area contributed by atoms with Crippen LogP contribution in [0.2, 0.25) is 0 Å². The zero-order chi connectivity index (χ0) is 23.3. The van der Waals surface area contributed by atoms with Gasteiger partial charge in [0.1, 0.15) is 24.5 Å². The van der Waals surface area contributed by atoms with Crippen LogP contribution in [0.15, 0.2) is 60.7 Å². The van der Waals surface area contributed by atoms with Crippen molar-refractivity contribution in [2.75, 3.05) is 7.11 Å². The van der Waals surface area contributed by atoms with Gasteiger partial charge in [-0.2, -0.15) is 0 Å². The highest BCUT2D eigenvalue weighted by atomic mass is 16.5.